The lowest BCUT2D eigenvalue weighted by Crippen LogP contribution is -2.43. The Bertz CT molecular complexity index is 540. The molecule has 19 heavy (non-hydrogen) atoms. The maximum Gasteiger partial charge on any atom is 0.326 e. The summed E-state index contributed by atoms with van der Waals surface area (Å²) in [5.74, 6) is -3.12. The van der Waals surface area contributed by atoms with Gasteiger partial charge >= 0.3 is 11.0 Å². The van der Waals surface area contributed by atoms with Crippen molar-refractivity contribution in [3.8, 4) is 0 Å². The molecular weight excluding hydrogens is 278 g/mol. The minimum Gasteiger partial charge on any atom is -0.480 e. The van der Waals surface area contributed by atoms with Gasteiger partial charge < -0.3 is 16.2 Å². The molecule has 0 saturated heterocycles. The first-order valence-corrected chi connectivity index (χ1v) is 5.69. The van der Waals surface area contributed by atoms with E-state index >= 15 is 0 Å². The highest BCUT2D eigenvalue weighted by Gasteiger charge is 2.24. The van der Waals surface area contributed by atoms with E-state index in [1.807, 2.05) is 0 Å². The molecule has 0 aliphatic carbocycles. The van der Waals surface area contributed by atoms with Crippen molar-refractivity contribution in [2.45, 2.75) is 12.5 Å². The smallest absolute Gasteiger partial charge is 0.326 e. The van der Waals surface area contributed by atoms with Crippen molar-refractivity contribution >= 4 is 34.1 Å². The molecule has 0 unspecified atom stereocenters. The summed E-state index contributed by atoms with van der Waals surface area (Å²) in [6, 6.07) is 0.858. The van der Waals surface area contributed by atoms with Crippen molar-refractivity contribution in [3.63, 3.8) is 0 Å². The minimum atomic E-state index is -1.47. The van der Waals surface area contributed by atoms with Crippen molar-refractivity contribution in [2.24, 2.45) is 5.73 Å². The summed E-state index contributed by atoms with van der Waals surface area (Å²) in [6.45, 7) is 0. The van der Waals surface area contributed by atoms with Gasteiger partial charge in [-0.25, -0.2) is 4.79 Å². The molecule has 0 bridgehead atoms. The van der Waals surface area contributed by atoms with Gasteiger partial charge in [0.05, 0.1) is 16.2 Å². The summed E-state index contributed by atoms with van der Waals surface area (Å²) in [6.07, 6.45) is -0.561. The highest BCUT2D eigenvalue weighted by Crippen LogP contribution is 2.23. The van der Waals surface area contributed by atoms with Crippen LogP contribution in [0, 0.1) is 10.1 Å². The van der Waals surface area contributed by atoms with Crippen molar-refractivity contribution < 1.29 is 24.4 Å². The fraction of sp³-hybridized carbons (Fsp3) is 0.222. The predicted octanol–water partition coefficient (Wildman–Crippen LogP) is -0.285. The van der Waals surface area contributed by atoms with E-state index in [0.717, 1.165) is 6.07 Å². The van der Waals surface area contributed by atoms with E-state index < -0.39 is 35.2 Å². The molecule has 102 valence electrons. The molecule has 10 heteroatoms. The minimum absolute atomic E-state index is 0.0255. The molecule has 9 nitrogen and oxygen atoms in total. The highest BCUT2D eigenvalue weighted by atomic mass is 32.1. The van der Waals surface area contributed by atoms with Gasteiger partial charge in [0.1, 0.15) is 6.04 Å². The third-order valence-electron chi connectivity index (χ3n) is 2.00. The second kappa shape index (κ2) is 5.91. The third-order valence-corrected chi connectivity index (χ3v) is 3.04. The van der Waals surface area contributed by atoms with Gasteiger partial charge in [-0.2, -0.15) is 0 Å². The van der Waals surface area contributed by atoms with Gasteiger partial charge in [-0.05, 0) is 6.07 Å². The Hall–Kier alpha value is -2.49. The Morgan fingerprint density at radius 3 is 2.53 bits per heavy atom. The summed E-state index contributed by atoms with van der Waals surface area (Å²) in [7, 11) is 0. The SMILES string of the molecule is NC(=O)C[C@H](NC(=O)c1ccc([N+](=O)[O-])s1)C(=O)O. The number of carboxylic acids is 1. The van der Waals surface area contributed by atoms with E-state index in [4.69, 9.17) is 10.8 Å². The zero-order valence-corrected chi connectivity index (χ0v) is 10.2. The van der Waals surface area contributed by atoms with Gasteiger partial charge in [0.15, 0.2) is 0 Å². The first-order valence-electron chi connectivity index (χ1n) is 4.87. The van der Waals surface area contributed by atoms with E-state index in [2.05, 4.69) is 5.32 Å². The van der Waals surface area contributed by atoms with Crippen LogP contribution in [0.1, 0.15) is 16.1 Å². The van der Waals surface area contributed by atoms with Crippen LogP contribution < -0.4 is 11.1 Å². The summed E-state index contributed by atoms with van der Waals surface area (Å²) >= 11 is 0.601. The molecule has 0 saturated carbocycles. The quantitative estimate of drug-likeness (QED) is 0.483. The Labute approximate surface area is 110 Å². The van der Waals surface area contributed by atoms with Crippen LogP contribution in [0.2, 0.25) is 0 Å². The van der Waals surface area contributed by atoms with Crippen LogP contribution >= 0.6 is 11.3 Å². The van der Waals surface area contributed by atoms with E-state index in [0.29, 0.717) is 11.3 Å². The molecule has 1 aromatic heterocycles. The van der Waals surface area contributed by atoms with Crippen LogP contribution in [0.5, 0.6) is 0 Å². The number of primary amides is 1. The number of carbonyl (C=O) groups excluding carboxylic acids is 2. The van der Waals surface area contributed by atoms with Crippen LogP contribution in [0.3, 0.4) is 0 Å². The van der Waals surface area contributed by atoms with Gasteiger partial charge in [-0.3, -0.25) is 19.7 Å². The molecule has 1 aromatic rings. The average Bonchev–Trinajstić information content (AvgIpc) is 2.76. The average molecular weight is 287 g/mol. The second-order valence-electron chi connectivity index (χ2n) is 3.43. The molecular formula is C9H9N3O6S. The Balaban J connectivity index is 2.78. The van der Waals surface area contributed by atoms with Crippen LogP contribution in [0.25, 0.3) is 0 Å². The van der Waals surface area contributed by atoms with Crippen molar-refractivity contribution in [1.82, 2.24) is 5.32 Å². The maximum absolute atomic E-state index is 11.6. The van der Waals surface area contributed by atoms with E-state index in [1.165, 1.54) is 6.07 Å². The molecule has 1 rings (SSSR count). The fourth-order valence-electron chi connectivity index (χ4n) is 1.18. The van der Waals surface area contributed by atoms with E-state index in [-0.39, 0.29) is 9.88 Å². The summed E-state index contributed by atoms with van der Waals surface area (Å²) in [4.78, 5) is 42.8. The monoisotopic (exact) mass is 287 g/mol. The molecule has 0 aliphatic heterocycles. The fourth-order valence-corrected chi connectivity index (χ4v) is 1.90. The van der Waals surface area contributed by atoms with Crippen molar-refractivity contribution in [2.75, 3.05) is 0 Å². The predicted molar refractivity (Wildman–Crippen MR) is 63.7 cm³/mol. The van der Waals surface area contributed by atoms with Gasteiger partial charge in [0.2, 0.25) is 5.91 Å². The Kier molecular flexibility index (Phi) is 4.53. The first-order chi connectivity index (χ1) is 8.81. The summed E-state index contributed by atoms with van der Waals surface area (Å²) < 4.78 is 0. The molecule has 2 amide bonds. The number of nitro groups is 1. The molecule has 0 aromatic carbocycles. The molecule has 1 heterocycles. The Morgan fingerprint density at radius 2 is 2.11 bits per heavy atom. The third kappa shape index (κ3) is 4.03. The molecule has 1 atom stereocenters. The maximum atomic E-state index is 11.6. The molecule has 0 fully saturated rings. The van der Waals surface area contributed by atoms with Crippen LogP contribution in [-0.2, 0) is 9.59 Å². The van der Waals surface area contributed by atoms with Gasteiger partial charge in [0, 0.05) is 6.07 Å². The molecule has 0 spiro atoms. The summed E-state index contributed by atoms with van der Waals surface area (Å²) in [5.41, 5.74) is 4.85. The molecule has 0 aliphatic rings. The number of nitrogens with two attached hydrogens (primary N) is 1. The van der Waals surface area contributed by atoms with E-state index in [1.54, 1.807) is 0 Å². The number of aliphatic carboxylic acids is 1. The van der Waals surface area contributed by atoms with Crippen LogP contribution in [0.15, 0.2) is 12.1 Å². The molecule has 0 radical (unpaired) electrons. The summed E-state index contributed by atoms with van der Waals surface area (Å²) in [5, 5.41) is 21.0. The number of rotatable bonds is 6. The van der Waals surface area contributed by atoms with Crippen molar-refractivity contribution in [1.29, 1.82) is 0 Å². The standard InChI is InChI=1S/C9H9N3O6S/c10-6(13)3-4(9(15)16)11-8(14)5-1-2-7(19-5)12(17)18/h1-2,4H,3H2,(H2,10,13)(H,11,14)(H,15,16)/t4-/m0/s1. The number of carbonyl (C=O) groups is 3. The van der Waals surface area contributed by atoms with Gasteiger partial charge in [-0.15, -0.1) is 0 Å². The lowest BCUT2D eigenvalue weighted by atomic mass is 10.2. The number of thiophene rings is 1. The zero-order valence-electron chi connectivity index (χ0n) is 9.36. The number of nitrogens with zero attached hydrogens (tertiary/aromatic N) is 1. The lowest BCUT2D eigenvalue weighted by Gasteiger charge is -2.11. The largest absolute Gasteiger partial charge is 0.480 e. The Morgan fingerprint density at radius 1 is 1.47 bits per heavy atom. The topological polar surface area (TPSA) is 153 Å². The zero-order chi connectivity index (χ0) is 14.6. The van der Waals surface area contributed by atoms with E-state index in [9.17, 15) is 24.5 Å². The normalized spacial score (nSPS) is 11.6. The van der Waals surface area contributed by atoms with Crippen molar-refractivity contribution in [3.05, 3.63) is 27.1 Å². The second-order valence-corrected chi connectivity index (χ2v) is 4.49. The number of hydrogen-bond acceptors (Lipinski definition) is 6. The molecule has 4 N–H and O–H groups in total. The number of carboxylic acid groups (broad SMARTS) is 1. The number of nitrogens with one attached hydrogen (secondary N) is 1. The van der Waals surface area contributed by atoms with Crippen LogP contribution in [-0.4, -0.2) is 33.9 Å². The van der Waals surface area contributed by atoms with Gasteiger partial charge in [-0.1, -0.05) is 11.3 Å². The number of hydrogen-bond donors (Lipinski definition) is 3. The lowest BCUT2D eigenvalue weighted by molar-refractivity contribution is -0.380. The van der Waals surface area contributed by atoms with Gasteiger partial charge in [0.25, 0.3) is 5.91 Å². The number of amides is 2. The first kappa shape index (κ1) is 14.6. The highest BCUT2D eigenvalue weighted by molar-refractivity contribution is 7.17. The van der Waals surface area contributed by atoms with Crippen LogP contribution in [0.4, 0.5) is 5.00 Å².